The van der Waals surface area contributed by atoms with Crippen LogP contribution in [0.4, 0.5) is 16.2 Å². The highest BCUT2D eigenvalue weighted by Gasteiger charge is 2.02. The average Bonchev–Trinajstić information content (AvgIpc) is 2.21. The standard InChI is InChI=1S/C10H13N3O3/c11-7-1-3-8(4-2-7)13-10(16)12-6-5-9(14)15/h1-4H,5-6,11H2,(H,14,15)(H2,12,13,16). The number of aliphatic carboxylic acids is 1. The van der Waals surface area contributed by atoms with Crippen LogP contribution in [-0.4, -0.2) is 23.7 Å². The van der Waals surface area contributed by atoms with Crippen molar-refractivity contribution in [2.75, 3.05) is 17.6 Å². The molecule has 0 aliphatic heterocycles. The van der Waals surface area contributed by atoms with Gasteiger partial charge in [-0.25, -0.2) is 4.79 Å². The predicted octanol–water partition coefficient (Wildman–Crippen LogP) is 0.865. The highest BCUT2D eigenvalue weighted by molar-refractivity contribution is 5.89. The monoisotopic (exact) mass is 223 g/mol. The van der Waals surface area contributed by atoms with E-state index in [4.69, 9.17) is 10.8 Å². The van der Waals surface area contributed by atoms with Gasteiger partial charge < -0.3 is 21.5 Å². The van der Waals surface area contributed by atoms with Crippen molar-refractivity contribution >= 4 is 23.4 Å². The van der Waals surface area contributed by atoms with Crippen LogP contribution in [0, 0.1) is 0 Å². The Balaban J connectivity index is 2.34. The van der Waals surface area contributed by atoms with Gasteiger partial charge >= 0.3 is 12.0 Å². The van der Waals surface area contributed by atoms with Crippen LogP contribution in [-0.2, 0) is 4.79 Å². The van der Waals surface area contributed by atoms with E-state index in [9.17, 15) is 9.59 Å². The first kappa shape index (κ1) is 11.8. The molecule has 0 aromatic heterocycles. The molecule has 86 valence electrons. The van der Waals surface area contributed by atoms with E-state index in [0.29, 0.717) is 11.4 Å². The van der Waals surface area contributed by atoms with Gasteiger partial charge in [-0.1, -0.05) is 0 Å². The molecule has 5 N–H and O–H groups in total. The van der Waals surface area contributed by atoms with Crippen LogP contribution in [0.5, 0.6) is 0 Å². The second kappa shape index (κ2) is 5.59. The van der Waals surface area contributed by atoms with Gasteiger partial charge in [-0.2, -0.15) is 0 Å². The largest absolute Gasteiger partial charge is 0.481 e. The zero-order valence-electron chi connectivity index (χ0n) is 8.56. The molecule has 0 saturated heterocycles. The van der Waals surface area contributed by atoms with Crippen molar-refractivity contribution in [3.8, 4) is 0 Å². The number of amides is 2. The average molecular weight is 223 g/mol. The Labute approximate surface area is 92.4 Å². The van der Waals surface area contributed by atoms with E-state index >= 15 is 0 Å². The summed E-state index contributed by atoms with van der Waals surface area (Å²) >= 11 is 0. The lowest BCUT2D eigenvalue weighted by Crippen LogP contribution is -2.30. The summed E-state index contributed by atoms with van der Waals surface area (Å²) in [5, 5.41) is 13.3. The van der Waals surface area contributed by atoms with Crippen molar-refractivity contribution in [1.82, 2.24) is 5.32 Å². The second-order valence-electron chi connectivity index (χ2n) is 3.15. The summed E-state index contributed by atoms with van der Waals surface area (Å²) in [4.78, 5) is 21.4. The van der Waals surface area contributed by atoms with E-state index in [-0.39, 0.29) is 13.0 Å². The Bertz CT molecular complexity index is 375. The molecule has 6 nitrogen and oxygen atoms in total. The quantitative estimate of drug-likeness (QED) is 0.568. The first-order valence-electron chi connectivity index (χ1n) is 4.70. The molecule has 6 heteroatoms. The fourth-order valence-electron chi connectivity index (χ4n) is 1.02. The van der Waals surface area contributed by atoms with Gasteiger partial charge in [-0.05, 0) is 24.3 Å². The molecule has 0 aliphatic carbocycles. The number of anilines is 2. The van der Waals surface area contributed by atoms with E-state index in [1.165, 1.54) is 0 Å². The second-order valence-corrected chi connectivity index (χ2v) is 3.15. The molecular formula is C10H13N3O3. The normalized spacial score (nSPS) is 9.50. The number of nitrogens with two attached hydrogens (primary N) is 1. The Kier molecular flexibility index (Phi) is 4.14. The molecule has 0 fully saturated rings. The van der Waals surface area contributed by atoms with Crippen molar-refractivity contribution in [3.05, 3.63) is 24.3 Å². The topological polar surface area (TPSA) is 104 Å². The number of urea groups is 1. The minimum Gasteiger partial charge on any atom is -0.481 e. The molecule has 0 bridgehead atoms. The highest BCUT2D eigenvalue weighted by atomic mass is 16.4. The Morgan fingerprint density at radius 3 is 2.44 bits per heavy atom. The Morgan fingerprint density at radius 1 is 1.25 bits per heavy atom. The van der Waals surface area contributed by atoms with Crippen LogP contribution < -0.4 is 16.4 Å². The van der Waals surface area contributed by atoms with E-state index in [1.807, 2.05) is 0 Å². The molecule has 0 saturated carbocycles. The smallest absolute Gasteiger partial charge is 0.319 e. The van der Waals surface area contributed by atoms with Crippen molar-refractivity contribution in [2.24, 2.45) is 0 Å². The molecule has 1 rings (SSSR count). The number of carbonyl (C=O) groups excluding carboxylic acids is 1. The maximum absolute atomic E-state index is 11.2. The summed E-state index contributed by atoms with van der Waals surface area (Å²) in [5.41, 5.74) is 6.68. The summed E-state index contributed by atoms with van der Waals surface area (Å²) in [5.74, 6) is -0.951. The summed E-state index contributed by atoms with van der Waals surface area (Å²) in [6, 6.07) is 6.20. The van der Waals surface area contributed by atoms with E-state index in [1.54, 1.807) is 24.3 Å². The number of hydrogen-bond acceptors (Lipinski definition) is 3. The first-order chi connectivity index (χ1) is 7.58. The molecule has 0 unspecified atom stereocenters. The van der Waals surface area contributed by atoms with E-state index in [2.05, 4.69) is 10.6 Å². The molecule has 16 heavy (non-hydrogen) atoms. The lowest BCUT2D eigenvalue weighted by Gasteiger charge is -2.06. The Hall–Kier alpha value is -2.24. The zero-order valence-corrected chi connectivity index (χ0v) is 8.56. The van der Waals surface area contributed by atoms with Crippen LogP contribution in [0.15, 0.2) is 24.3 Å². The fourth-order valence-corrected chi connectivity index (χ4v) is 1.02. The lowest BCUT2D eigenvalue weighted by atomic mass is 10.3. The van der Waals surface area contributed by atoms with Crippen molar-refractivity contribution < 1.29 is 14.7 Å². The third kappa shape index (κ3) is 4.32. The summed E-state index contributed by atoms with van der Waals surface area (Å²) in [6.07, 6.45) is -0.102. The van der Waals surface area contributed by atoms with Crippen LogP contribution in [0.25, 0.3) is 0 Å². The van der Waals surface area contributed by atoms with Gasteiger partial charge in [-0.3, -0.25) is 4.79 Å². The van der Waals surface area contributed by atoms with Crippen LogP contribution >= 0.6 is 0 Å². The molecular weight excluding hydrogens is 210 g/mol. The van der Waals surface area contributed by atoms with Crippen molar-refractivity contribution in [2.45, 2.75) is 6.42 Å². The van der Waals surface area contributed by atoms with Gasteiger partial charge in [0.1, 0.15) is 0 Å². The molecule has 1 aromatic rings. The van der Waals surface area contributed by atoms with Gasteiger partial charge in [0.2, 0.25) is 0 Å². The number of hydrogen-bond donors (Lipinski definition) is 4. The SMILES string of the molecule is Nc1ccc(NC(=O)NCCC(=O)O)cc1. The van der Waals surface area contributed by atoms with E-state index < -0.39 is 12.0 Å². The third-order valence-electron chi connectivity index (χ3n) is 1.79. The van der Waals surface area contributed by atoms with Crippen LogP contribution in [0.3, 0.4) is 0 Å². The van der Waals surface area contributed by atoms with Gasteiger partial charge in [0, 0.05) is 17.9 Å². The zero-order chi connectivity index (χ0) is 12.0. The molecule has 0 radical (unpaired) electrons. The summed E-state index contributed by atoms with van der Waals surface area (Å²) in [7, 11) is 0. The number of carboxylic acids is 1. The maximum atomic E-state index is 11.2. The minimum absolute atomic E-state index is 0.0934. The van der Waals surface area contributed by atoms with Crippen molar-refractivity contribution in [1.29, 1.82) is 0 Å². The minimum atomic E-state index is -0.951. The van der Waals surface area contributed by atoms with Gasteiger partial charge in [-0.15, -0.1) is 0 Å². The van der Waals surface area contributed by atoms with Crippen LogP contribution in [0.1, 0.15) is 6.42 Å². The molecule has 2 amide bonds. The number of carboxylic acid groups (broad SMARTS) is 1. The lowest BCUT2D eigenvalue weighted by molar-refractivity contribution is -0.136. The molecule has 0 heterocycles. The number of carbonyl (C=O) groups is 2. The predicted molar refractivity (Wildman–Crippen MR) is 60.1 cm³/mol. The van der Waals surface area contributed by atoms with Crippen LogP contribution in [0.2, 0.25) is 0 Å². The third-order valence-corrected chi connectivity index (χ3v) is 1.79. The number of benzene rings is 1. The number of nitrogen functional groups attached to an aromatic ring is 1. The molecule has 1 aromatic carbocycles. The molecule has 0 aliphatic rings. The summed E-state index contributed by atoms with van der Waals surface area (Å²) in [6.45, 7) is 0.0934. The highest BCUT2D eigenvalue weighted by Crippen LogP contribution is 2.09. The van der Waals surface area contributed by atoms with Crippen molar-refractivity contribution in [3.63, 3.8) is 0 Å². The number of rotatable bonds is 4. The van der Waals surface area contributed by atoms with Gasteiger partial charge in [0.25, 0.3) is 0 Å². The number of nitrogens with one attached hydrogen (secondary N) is 2. The summed E-state index contributed by atoms with van der Waals surface area (Å²) < 4.78 is 0. The van der Waals surface area contributed by atoms with E-state index in [0.717, 1.165) is 0 Å². The molecule has 0 atom stereocenters. The fraction of sp³-hybridized carbons (Fsp3) is 0.200. The Morgan fingerprint density at radius 2 is 1.88 bits per heavy atom. The van der Waals surface area contributed by atoms with Gasteiger partial charge in [0.15, 0.2) is 0 Å². The first-order valence-corrected chi connectivity index (χ1v) is 4.70. The maximum Gasteiger partial charge on any atom is 0.319 e. The van der Waals surface area contributed by atoms with Gasteiger partial charge in [0.05, 0.1) is 6.42 Å². The molecule has 0 spiro atoms.